The average molecular weight is 553 g/mol. The highest BCUT2D eigenvalue weighted by molar-refractivity contribution is 7.90. The van der Waals surface area contributed by atoms with Crippen molar-refractivity contribution in [3.05, 3.63) is 66.5 Å². The highest BCUT2D eigenvalue weighted by Gasteiger charge is 2.42. The number of fused-ring (bicyclic) bond motifs is 1. The number of nitrogens with one attached hydrogen (secondary N) is 1. The van der Waals surface area contributed by atoms with Crippen molar-refractivity contribution in [3.8, 4) is 11.3 Å². The lowest BCUT2D eigenvalue weighted by atomic mass is 10.0. The van der Waals surface area contributed by atoms with Crippen molar-refractivity contribution in [1.82, 2.24) is 19.7 Å². The number of oxazole rings is 2. The Morgan fingerprint density at radius 1 is 1.08 bits per heavy atom. The van der Waals surface area contributed by atoms with Crippen molar-refractivity contribution in [2.75, 3.05) is 13.2 Å². The van der Waals surface area contributed by atoms with Crippen LogP contribution in [0.15, 0.2) is 57.8 Å². The second kappa shape index (κ2) is 11.8. The molecular weight excluding hydrogens is 516 g/mol. The van der Waals surface area contributed by atoms with E-state index in [-0.39, 0.29) is 6.04 Å². The first kappa shape index (κ1) is 27.8. The first-order chi connectivity index (χ1) is 18.7. The maximum absolute atomic E-state index is 13.0. The van der Waals surface area contributed by atoms with Gasteiger partial charge in [-0.25, -0.2) is 9.97 Å². The van der Waals surface area contributed by atoms with Crippen LogP contribution in [0.1, 0.15) is 76.4 Å². The summed E-state index contributed by atoms with van der Waals surface area (Å²) in [6.45, 7) is 8.86. The fourth-order valence-corrected chi connectivity index (χ4v) is 5.46. The van der Waals surface area contributed by atoms with E-state index < -0.39 is 21.9 Å². The maximum Gasteiger partial charge on any atom is 0.255 e. The molecule has 4 heterocycles. The molecule has 4 aromatic rings. The van der Waals surface area contributed by atoms with Gasteiger partial charge in [0.15, 0.2) is 5.76 Å². The lowest BCUT2D eigenvalue weighted by Crippen LogP contribution is -2.41. The molecule has 1 aliphatic heterocycles. The molecule has 9 nitrogen and oxygen atoms in total. The van der Waals surface area contributed by atoms with Crippen LogP contribution in [0.4, 0.5) is 0 Å². The summed E-state index contributed by atoms with van der Waals surface area (Å²) >= 11 is -1.28. The Kier molecular flexibility index (Phi) is 8.39. The predicted molar refractivity (Wildman–Crippen MR) is 149 cm³/mol. The van der Waals surface area contributed by atoms with E-state index in [4.69, 9.17) is 18.3 Å². The summed E-state index contributed by atoms with van der Waals surface area (Å²) < 4.78 is 39.4. The number of nitrogens with zero attached hydrogens (tertiary/aromatic N) is 3. The molecule has 1 fully saturated rings. The normalized spacial score (nSPS) is 17.1. The quantitative estimate of drug-likeness (QED) is 0.173. The van der Waals surface area contributed by atoms with E-state index in [1.54, 1.807) is 12.4 Å². The van der Waals surface area contributed by atoms with Gasteiger partial charge in [0.1, 0.15) is 17.1 Å². The molecule has 5 rings (SSSR count). The molecule has 0 spiro atoms. The van der Waals surface area contributed by atoms with Gasteiger partial charge in [-0.1, -0.05) is 18.9 Å². The summed E-state index contributed by atoms with van der Waals surface area (Å²) in [6.07, 6.45) is 8.90. The summed E-state index contributed by atoms with van der Waals surface area (Å²) in [5, 5.41) is 1.04. The predicted octanol–water partition coefficient (Wildman–Crippen LogP) is 6.13. The third-order valence-corrected chi connectivity index (χ3v) is 8.36. The first-order valence-corrected chi connectivity index (χ1v) is 14.6. The summed E-state index contributed by atoms with van der Waals surface area (Å²) in [7, 11) is 0. The van der Waals surface area contributed by atoms with E-state index in [1.807, 2.05) is 45.9 Å². The van der Waals surface area contributed by atoms with Crippen LogP contribution in [0.25, 0.3) is 22.2 Å². The Hall–Kier alpha value is -2.76. The highest BCUT2D eigenvalue weighted by Crippen LogP contribution is 2.36. The average Bonchev–Trinajstić information content (AvgIpc) is 3.69. The van der Waals surface area contributed by atoms with E-state index in [9.17, 15) is 4.55 Å². The number of aryl methyl sites for hydroxylation is 1. The zero-order valence-corrected chi connectivity index (χ0v) is 23.8. The molecule has 2 atom stereocenters. The maximum atomic E-state index is 13.0. The molecule has 1 saturated heterocycles. The van der Waals surface area contributed by atoms with Crippen LogP contribution in [-0.2, 0) is 26.6 Å². The molecule has 10 heteroatoms. The SMILES string of the molecule is Cc1ccc2cc(-c3cnc(C(CCCCCC4(c5ncco5)OCCO4)N[S@+]([O-])C(C)(C)C)o3)ccc2n1. The fourth-order valence-electron chi connectivity index (χ4n) is 4.63. The molecule has 0 radical (unpaired) electrons. The van der Waals surface area contributed by atoms with Gasteiger partial charge in [-0.15, -0.1) is 4.72 Å². The molecule has 0 aliphatic carbocycles. The van der Waals surface area contributed by atoms with Crippen molar-refractivity contribution < 1.29 is 22.9 Å². The van der Waals surface area contributed by atoms with Crippen LogP contribution in [0, 0.1) is 6.92 Å². The van der Waals surface area contributed by atoms with Crippen LogP contribution in [0.2, 0.25) is 0 Å². The number of pyridine rings is 1. The van der Waals surface area contributed by atoms with E-state index in [1.165, 1.54) is 6.26 Å². The van der Waals surface area contributed by atoms with Crippen LogP contribution in [0.5, 0.6) is 0 Å². The van der Waals surface area contributed by atoms with E-state index >= 15 is 0 Å². The molecular formula is C29H36N4O5S. The summed E-state index contributed by atoms with van der Waals surface area (Å²) in [6, 6.07) is 9.81. The first-order valence-electron chi connectivity index (χ1n) is 13.4. The molecule has 1 unspecified atom stereocenters. The monoisotopic (exact) mass is 552 g/mol. The minimum Gasteiger partial charge on any atom is -0.598 e. The molecule has 3 aromatic heterocycles. The van der Waals surface area contributed by atoms with Crippen molar-refractivity contribution in [2.24, 2.45) is 0 Å². The van der Waals surface area contributed by atoms with E-state index in [0.717, 1.165) is 47.8 Å². The lowest BCUT2D eigenvalue weighted by Gasteiger charge is -2.27. The smallest absolute Gasteiger partial charge is 0.255 e. The largest absolute Gasteiger partial charge is 0.598 e. The van der Waals surface area contributed by atoms with Gasteiger partial charge in [-0.05, 0) is 64.8 Å². The zero-order chi connectivity index (χ0) is 27.5. The molecule has 208 valence electrons. The van der Waals surface area contributed by atoms with Crippen molar-refractivity contribution >= 4 is 22.3 Å². The Bertz CT molecular complexity index is 1360. The Balaban J connectivity index is 1.25. The Labute approximate surface area is 232 Å². The van der Waals surface area contributed by atoms with E-state index in [0.29, 0.717) is 37.2 Å². The lowest BCUT2D eigenvalue weighted by molar-refractivity contribution is -0.187. The van der Waals surface area contributed by atoms with Crippen molar-refractivity contribution in [2.45, 2.75) is 76.4 Å². The topological polar surface area (TPSA) is 119 Å². The minimum atomic E-state index is -1.28. The Morgan fingerprint density at radius 2 is 1.90 bits per heavy atom. The van der Waals surface area contributed by atoms with Crippen molar-refractivity contribution in [3.63, 3.8) is 0 Å². The number of rotatable bonds is 11. The highest BCUT2D eigenvalue weighted by atomic mass is 32.2. The van der Waals surface area contributed by atoms with Gasteiger partial charge < -0.3 is 22.9 Å². The standard InChI is InChI=1S/C29H36N4O5S/c1-20-9-10-21-18-22(11-12-23(21)32-20)25-19-31-26(38-25)24(33-39(34)28(2,3)4)8-6-5-7-13-29(36-16-17-37-29)27-30-14-15-35-27/h9-12,14-15,18-19,24,33H,5-8,13,16-17H2,1-4H3/t24?,39-/m1/s1. The molecule has 1 N–H and O–H groups in total. The molecule has 0 bridgehead atoms. The van der Waals surface area contributed by atoms with Crippen LogP contribution >= 0.6 is 0 Å². The van der Waals surface area contributed by atoms with Gasteiger partial charge in [-0.3, -0.25) is 4.98 Å². The third kappa shape index (κ3) is 6.53. The number of benzene rings is 1. The summed E-state index contributed by atoms with van der Waals surface area (Å²) in [5.74, 6) is 0.764. The fraction of sp³-hybridized carbons (Fsp3) is 0.483. The van der Waals surface area contributed by atoms with Gasteiger partial charge >= 0.3 is 0 Å². The van der Waals surface area contributed by atoms with Gasteiger partial charge in [0.25, 0.3) is 5.89 Å². The molecule has 0 amide bonds. The van der Waals surface area contributed by atoms with Gasteiger partial charge in [-0.2, -0.15) is 0 Å². The van der Waals surface area contributed by atoms with Crippen LogP contribution in [-0.4, -0.2) is 37.5 Å². The van der Waals surface area contributed by atoms with Crippen molar-refractivity contribution in [1.29, 1.82) is 0 Å². The zero-order valence-electron chi connectivity index (χ0n) is 22.9. The van der Waals surface area contributed by atoms with Gasteiger partial charge in [0.2, 0.25) is 11.7 Å². The van der Waals surface area contributed by atoms with E-state index in [2.05, 4.69) is 31.8 Å². The minimum absolute atomic E-state index is 0.289. The van der Waals surface area contributed by atoms with Gasteiger partial charge in [0, 0.05) is 34.4 Å². The van der Waals surface area contributed by atoms with Crippen LogP contribution in [0.3, 0.4) is 0 Å². The van der Waals surface area contributed by atoms with Crippen LogP contribution < -0.4 is 4.72 Å². The molecule has 39 heavy (non-hydrogen) atoms. The molecule has 1 aliphatic rings. The molecule has 0 saturated carbocycles. The summed E-state index contributed by atoms with van der Waals surface area (Å²) in [4.78, 5) is 13.4. The Morgan fingerprint density at radius 3 is 2.64 bits per heavy atom. The second-order valence-corrected chi connectivity index (χ2v) is 12.9. The number of unbranched alkanes of at least 4 members (excludes halogenated alkanes) is 2. The number of hydrogen-bond acceptors (Lipinski definition) is 9. The third-order valence-electron chi connectivity index (χ3n) is 6.75. The number of hydrogen-bond donors (Lipinski definition) is 1. The summed E-state index contributed by atoms with van der Waals surface area (Å²) in [5.41, 5.74) is 2.85. The second-order valence-electron chi connectivity index (χ2n) is 10.9. The molecule has 1 aromatic carbocycles. The number of aromatic nitrogens is 3. The number of ether oxygens (including phenoxy) is 2. The van der Waals surface area contributed by atoms with Gasteiger partial charge in [0.05, 0.1) is 31.1 Å².